The predicted molar refractivity (Wildman–Crippen MR) is 135 cm³/mol. The number of aryl methyl sites for hydroxylation is 2. The molecular formula is C14H49Mo6N3O18+. The zero-order valence-corrected chi connectivity index (χ0v) is 33.4. The minimum absolute atomic E-state index is 0. The van der Waals surface area contributed by atoms with Crippen molar-refractivity contribution in [3.8, 4) is 0 Å². The Morgan fingerprint density at radius 2 is 0.683 bits per heavy atom. The first-order valence-electron chi connectivity index (χ1n) is 5.62. The van der Waals surface area contributed by atoms with E-state index >= 15 is 0 Å². The standard InChI is InChI=1S/C14H13N3.6Mo.18H2O/c1-10-8-13(9-11(2)14(10)15)17-16-12-6-4-3-5-7-12;;;;;;;;;;;;;;;;;;;;;;;;/h3-9H,1-2H3;;;;;;;18*1H2/q+1;;;;;;;;;;;;;;;;;;;;;;;;. The average molecular weight is 1120 g/mol. The number of nitrogens with zero attached hydrogens (tertiary/aromatic N) is 3. The summed E-state index contributed by atoms with van der Waals surface area (Å²) in [6.45, 7) is 4.08. The molecule has 0 unspecified atom stereocenters. The first kappa shape index (κ1) is 176. The summed E-state index contributed by atoms with van der Waals surface area (Å²) in [7, 11) is 0. The van der Waals surface area contributed by atoms with Crippen LogP contribution in [-0.2, 0) is 125 Å². The molecule has 0 amide bonds. The Morgan fingerprint density at radius 1 is 0.439 bits per heavy atom. The van der Waals surface area contributed by atoms with E-state index in [1.54, 1.807) is 19.4 Å². The van der Waals surface area contributed by atoms with Gasteiger partial charge in [0.15, 0.2) is 0 Å². The van der Waals surface area contributed by atoms with Gasteiger partial charge in [-0.2, -0.15) is 0 Å². The first-order valence-corrected chi connectivity index (χ1v) is 6.52. The van der Waals surface area contributed by atoms with Gasteiger partial charge in [0, 0.05) is 105 Å². The van der Waals surface area contributed by atoms with E-state index in [1.807, 2.05) is 56.3 Å². The van der Waals surface area contributed by atoms with Gasteiger partial charge < -0.3 is 98.6 Å². The van der Waals surface area contributed by atoms with Crippen molar-refractivity contribution in [2.45, 2.75) is 13.8 Å². The molecule has 21 nitrogen and oxygen atoms in total. The van der Waals surface area contributed by atoms with Crippen LogP contribution in [0.4, 0.5) is 17.1 Å². The van der Waals surface area contributed by atoms with Gasteiger partial charge in [-0.15, -0.1) is 0 Å². The van der Waals surface area contributed by atoms with Gasteiger partial charge in [0.2, 0.25) is 0 Å². The average Bonchev–Trinajstić information content (AvgIpc) is 2.37. The molecule has 0 aromatic heterocycles. The van der Waals surface area contributed by atoms with Crippen LogP contribution in [0.15, 0.2) is 52.7 Å². The summed E-state index contributed by atoms with van der Waals surface area (Å²) >= 11 is 1.74. The fourth-order valence-electron chi connectivity index (χ4n) is 1.74. The van der Waals surface area contributed by atoms with Crippen LogP contribution in [0.3, 0.4) is 0 Å². The molecule has 0 spiro atoms. The Hall–Kier alpha value is 1.16. The van der Waals surface area contributed by atoms with Crippen LogP contribution in [0.25, 0.3) is 3.31 Å². The number of benzene rings is 2. The van der Waals surface area contributed by atoms with Crippen LogP contribution in [0, 0.1) is 13.8 Å². The number of azo groups is 1. The maximum absolute atomic E-state index is 4.27. The molecule has 263 valence electrons. The van der Waals surface area contributed by atoms with Gasteiger partial charge in [0.25, 0.3) is 0 Å². The van der Waals surface area contributed by atoms with Gasteiger partial charge in [-0.3, -0.25) is 0 Å². The Bertz CT molecular complexity index is 658. The third-order valence-electron chi connectivity index (χ3n) is 2.60. The second-order valence-electron chi connectivity index (χ2n) is 4.06. The molecule has 0 saturated carbocycles. The maximum atomic E-state index is 4.27. The Labute approximate surface area is 318 Å². The van der Waals surface area contributed by atoms with E-state index in [9.17, 15) is 0 Å². The minimum atomic E-state index is 0. The summed E-state index contributed by atoms with van der Waals surface area (Å²) in [5, 5.41) is 8.47. The van der Waals surface area contributed by atoms with E-state index in [-0.39, 0.29) is 204 Å². The van der Waals surface area contributed by atoms with Gasteiger partial charge >= 0.3 is 117 Å². The van der Waals surface area contributed by atoms with Crippen molar-refractivity contribution in [1.82, 2.24) is 0 Å². The van der Waals surface area contributed by atoms with Gasteiger partial charge in [-0.1, -0.05) is 0 Å². The van der Waals surface area contributed by atoms with Crippen LogP contribution >= 0.6 is 0 Å². The van der Waals surface area contributed by atoms with Crippen molar-refractivity contribution in [2.75, 3.05) is 0 Å². The first-order chi connectivity index (χ1) is 8.70. The third-order valence-corrected chi connectivity index (χ3v) is 3.05. The molecule has 0 atom stereocenters. The quantitative estimate of drug-likeness (QED) is 0.200. The molecule has 27 heteroatoms. The smallest absolute Gasteiger partial charge is 0 e. The number of hydrogen-bond acceptors (Lipinski definition) is 2. The van der Waals surface area contributed by atoms with Crippen LogP contribution in [0.1, 0.15) is 11.1 Å². The summed E-state index contributed by atoms with van der Waals surface area (Å²) in [4.78, 5) is 0. The van der Waals surface area contributed by atoms with Crippen LogP contribution in [0.5, 0.6) is 0 Å². The normalized spacial score (nSPS) is 4.61. The van der Waals surface area contributed by atoms with E-state index in [1.165, 1.54) is 0 Å². The van der Waals surface area contributed by atoms with Crippen LogP contribution in [0.2, 0.25) is 0 Å². The summed E-state index contributed by atoms with van der Waals surface area (Å²) in [5.41, 5.74) is 5.02. The molecule has 2 aromatic rings. The van der Waals surface area contributed by atoms with E-state index in [0.29, 0.717) is 0 Å². The molecule has 41 heavy (non-hydrogen) atoms. The number of rotatable bonds is 2. The molecule has 0 radical (unpaired) electrons. The van der Waals surface area contributed by atoms with Gasteiger partial charge in [0.1, 0.15) is 0 Å². The maximum Gasteiger partial charge on any atom is 0 e. The van der Waals surface area contributed by atoms with Gasteiger partial charge in [0.05, 0.1) is 0 Å². The molecule has 0 saturated heterocycles. The number of hydrogen-bond donors (Lipinski definition) is 0. The van der Waals surface area contributed by atoms with Crippen molar-refractivity contribution < 1.29 is 223 Å². The second-order valence-corrected chi connectivity index (χ2v) is 4.50. The predicted octanol–water partition coefficient (Wildman–Crippen LogP) is -9.67. The van der Waals surface area contributed by atoms with Crippen molar-refractivity contribution in [3.63, 3.8) is 0 Å². The Morgan fingerprint density at radius 3 is 0.927 bits per heavy atom. The molecule has 0 aliphatic rings. The van der Waals surface area contributed by atoms with Crippen molar-refractivity contribution in [2.24, 2.45) is 10.2 Å². The molecule has 0 fully saturated rings. The fourth-order valence-corrected chi connectivity index (χ4v) is 2.45. The van der Waals surface area contributed by atoms with E-state index < -0.39 is 0 Å². The molecule has 0 aliphatic carbocycles. The molecule has 0 bridgehead atoms. The SMILES string of the molecule is Cc1cc(N=Nc2ccccc2)cc(C)c1[N+]#[Mo].O.O.O.O.O.O.O.O.O.O.O.O.O.O.O.O.O.O.[Mo].[Mo].[Mo].[Mo].[Mo]. The largest absolute Gasteiger partial charge is 0.412 e. The minimum Gasteiger partial charge on any atom is -0.412 e. The molecular weight excluding hydrogens is 1070 g/mol. The molecule has 0 aliphatic heterocycles. The molecule has 0 heterocycles. The topological polar surface area (TPSA) is 596 Å². The van der Waals surface area contributed by atoms with Crippen molar-refractivity contribution in [1.29, 1.82) is 0 Å². The monoisotopic (exact) mass is 1130 g/mol. The van der Waals surface area contributed by atoms with Crippen LogP contribution < -0.4 is 0 Å². The Balaban J connectivity index is -0.00000000785. The van der Waals surface area contributed by atoms with Crippen molar-refractivity contribution in [3.05, 3.63) is 56.9 Å². The zero-order chi connectivity index (χ0) is 13.0. The molecule has 36 N–H and O–H groups in total. The third kappa shape index (κ3) is 61.0. The summed E-state index contributed by atoms with van der Waals surface area (Å²) in [6.07, 6.45) is 0. The summed E-state index contributed by atoms with van der Waals surface area (Å²) in [5.74, 6) is 0. The fraction of sp³-hybridized carbons (Fsp3) is 0.143. The van der Waals surface area contributed by atoms with E-state index in [2.05, 4.69) is 13.5 Å². The second kappa shape index (κ2) is 97.0. The molecule has 2 rings (SSSR count). The molecule has 2 aromatic carbocycles. The van der Waals surface area contributed by atoms with Crippen LogP contribution in [-0.4, -0.2) is 98.6 Å². The zero-order valence-electron chi connectivity index (χ0n) is 21.3. The summed E-state index contributed by atoms with van der Waals surface area (Å²) in [6, 6.07) is 13.7. The van der Waals surface area contributed by atoms with Gasteiger partial charge in [-0.05, 0) is 0 Å². The summed E-state index contributed by atoms with van der Waals surface area (Å²) < 4.78 is 4.27. The Kier molecular flexibility index (Phi) is 416. The van der Waals surface area contributed by atoms with Gasteiger partial charge in [-0.25, -0.2) is 0 Å². The van der Waals surface area contributed by atoms with E-state index in [4.69, 9.17) is 0 Å². The van der Waals surface area contributed by atoms with Crippen molar-refractivity contribution >= 4 is 17.1 Å². The van der Waals surface area contributed by atoms with E-state index in [0.717, 1.165) is 28.2 Å².